The molecule has 1 fully saturated rings. The van der Waals surface area contributed by atoms with Gasteiger partial charge in [-0.25, -0.2) is 12.7 Å². The summed E-state index contributed by atoms with van der Waals surface area (Å²) < 4.78 is 24.7. The summed E-state index contributed by atoms with van der Waals surface area (Å²) in [5.74, 6) is 0.308. The van der Waals surface area contributed by atoms with E-state index in [-0.39, 0.29) is 0 Å². The summed E-state index contributed by atoms with van der Waals surface area (Å²) in [6.45, 7) is 5.07. The fraction of sp³-hybridized carbons (Fsp3) is 0.533. The molecule has 1 aliphatic heterocycles. The van der Waals surface area contributed by atoms with Crippen LogP contribution >= 0.6 is 0 Å². The van der Waals surface area contributed by atoms with Crippen molar-refractivity contribution in [2.75, 3.05) is 19.3 Å². The molecule has 0 aromatic carbocycles. The maximum Gasteiger partial charge on any atom is 0.211 e. The number of nitrogens with one attached hydrogen (secondary N) is 1. The molecule has 0 aliphatic carbocycles. The monoisotopic (exact) mass is 335 g/mol. The van der Waals surface area contributed by atoms with Crippen molar-refractivity contribution in [3.63, 3.8) is 0 Å². The molecule has 0 saturated carbocycles. The van der Waals surface area contributed by atoms with Gasteiger partial charge in [-0.3, -0.25) is 15.1 Å². The van der Waals surface area contributed by atoms with Gasteiger partial charge >= 0.3 is 0 Å². The third kappa shape index (κ3) is 3.42. The molecule has 23 heavy (non-hydrogen) atoms. The summed E-state index contributed by atoms with van der Waals surface area (Å²) in [6, 6.07) is 0. The highest BCUT2D eigenvalue weighted by molar-refractivity contribution is 7.88. The zero-order valence-corrected chi connectivity index (χ0v) is 14.4. The Morgan fingerprint density at radius 1 is 1.30 bits per heavy atom. The molecule has 3 heterocycles. The SMILES string of the molecule is Cc1n[nH]c(C)c1-c1cnc(C[C@H]2CCN(S(C)(=O)=O)C2)cn1. The Balaban J connectivity index is 1.69. The van der Waals surface area contributed by atoms with Gasteiger partial charge in [-0.05, 0) is 32.6 Å². The predicted molar refractivity (Wildman–Crippen MR) is 87.3 cm³/mol. The second kappa shape index (κ2) is 6.01. The van der Waals surface area contributed by atoms with Crippen molar-refractivity contribution in [1.82, 2.24) is 24.5 Å². The average Bonchev–Trinajstić information content (AvgIpc) is 3.07. The minimum Gasteiger partial charge on any atom is -0.282 e. The average molecular weight is 335 g/mol. The van der Waals surface area contributed by atoms with Crippen LogP contribution in [-0.2, 0) is 16.4 Å². The maximum absolute atomic E-state index is 11.6. The number of H-pyrrole nitrogens is 1. The highest BCUT2D eigenvalue weighted by Gasteiger charge is 2.28. The Bertz CT molecular complexity index is 778. The van der Waals surface area contributed by atoms with E-state index >= 15 is 0 Å². The molecule has 2 aromatic rings. The van der Waals surface area contributed by atoms with Crippen molar-refractivity contribution in [2.45, 2.75) is 26.7 Å². The summed E-state index contributed by atoms with van der Waals surface area (Å²) >= 11 is 0. The molecule has 1 saturated heterocycles. The zero-order valence-electron chi connectivity index (χ0n) is 13.6. The number of hydrogen-bond donors (Lipinski definition) is 1. The maximum atomic E-state index is 11.6. The van der Waals surface area contributed by atoms with Crippen LogP contribution in [0.1, 0.15) is 23.5 Å². The lowest BCUT2D eigenvalue weighted by Gasteiger charge is -2.13. The molecule has 1 N–H and O–H groups in total. The third-order valence-electron chi connectivity index (χ3n) is 4.30. The van der Waals surface area contributed by atoms with E-state index in [2.05, 4.69) is 20.2 Å². The van der Waals surface area contributed by atoms with Gasteiger partial charge in [0, 0.05) is 30.5 Å². The predicted octanol–water partition coefficient (Wildman–Crippen LogP) is 1.31. The largest absolute Gasteiger partial charge is 0.282 e. The normalized spacial score (nSPS) is 19.3. The Morgan fingerprint density at radius 3 is 2.61 bits per heavy atom. The first kappa shape index (κ1) is 16.1. The molecule has 7 nitrogen and oxygen atoms in total. The van der Waals surface area contributed by atoms with Crippen molar-refractivity contribution in [3.8, 4) is 11.3 Å². The van der Waals surface area contributed by atoms with Crippen molar-refractivity contribution < 1.29 is 8.42 Å². The molecule has 3 rings (SSSR count). The van der Waals surface area contributed by atoms with Gasteiger partial charge in [0.1, 0.15) is 0 Å². The van der Waals surface area contributed by atoms with E-state index < -0.39 is 10.0 Å². The molecule has 0 unspecified atom stereocenters. The Labute approximate surface area is 136 Å². The van der Waals surface area contributed by atoms with Crippen molar-refractivity contribution >= 4 is 10.0 Å². The Kier molecular flexibility index (Phi) is 4.20. The Hall–Kier alpha value is -1.80. The van der Waals surface area contributed by atoms with E-state index in [9.17, 15) is 8.42 Å². The minimum absolute atomic E-state index is 0.308. The molecule has 1 aliphatic rings. The van der Waals surface area contributed by atoms with Crippen LogP contribution < -0.4 is 0 Å². The first-order valence-electron chi connectivity index (χ1n) is 7.62. The number of hydrogen-bond acceptors (Lipinski definition) is 5. The van der Waals surface area contributed by atoms with E-state index in [1.807, 2.05) is 13.8 Å². The lowest BCUT2D eigenvalue weighted by Crippen LogP contribution is -2.27. The van der Waals surface area contributed by atoms with Gasteiger partial charge < -0.3 is 0 Å². The Morgan fingerprint density at radius 2 is 2.09 bits per heavy atom. The van der Waals surface area contributed by atoms with Crippen molar-refractivity contribution in [2.24, 2.45) is 5.92 Å². The minimum atomic E-state index is -3.09. The highest BCUT2D eigenvalue weighted by Crippen LogP contribution is 2.24. The van der Waals surface area contributed by atoms with Gasteiger partial charge in [-0.1, -0.05) is 0 Å². The number of aromatic nitrogens is 4. The van der Waals surface area contributed by atoms with Gasteiger partial charge in [-0.15, -0.1) is 0 Å². The van der Waals surface area contributed by atoms with Crippen LogP contribution in [0.2, 0.25) is 0 Å². The van der Waals surface area contributed by atoms with Crippen LogP contribution in [0, 0.1) is 19.8 Å². The second-order valence-electron chi connectivity index (χ2n) is 6.18. The fourth-order valence-corrected chi connectivity index (χ4v) is 4.00. The van der Waals surface area contributed by atoms with E-state index in [0.29, 0.717) is 19.0 Å². The lowest BCUT2D eigenvalue weighted by molar-refractivity contribution is 0.459. The number of sulfonamides is 1. The number of aromatic amines is 1. The summed E-state index contributed by atoms with van der Waals surface area (Å²) in [6.07, 6.45) is 6.44. The van der Waals surface area contributed by atoms with Crippen LogP contribution in [0.4, 0.5) is 0 Å². The van der Waals surface area contributed by atoms with Crippen molar-refractivity contribution in [3.05, 3.63) is 29.5 Å². The first-order valence-corrected chi connectivity index (χ1v) is 9.47. The molecule has 1 atom stereocenters. The lowest BCUT2D eigenvalue weighted by atomic mass is 10.0. The number of aryl methyl sites for hydroxylation is 2. The topological polar surface area (TPSA) is 91.8 Å². The molecule has 124 valence electrons. The van der Waals surface area contributed by atoms with E-state index in [4.69, 9.17) is 0 Å². The molecule has 0 bridgehead atoms. The molecule has 0 amide bonds. The van der Waals surface area contributed by atoms with Crippen LogP contribution in [0.3, 0.4) is 0 Å². The first-order chi connectivity index (χ1) is 10.8. The quantitative estimate of drug-likeness (QED) is 0.909. The molecule has 0 radical (unpaired) electrons. The van der Waals surface area contributed by atoms with Crippen LogP contribution in [-0.4, -0.2) is 52.2 Å². The van der Waals surface area contributed by atoms with Crippen molar-refractivity contribution in [1.29, 1.82) is 0 Å². The van der Waals surface area contributed by atoms with Gasteiger partial charge in [0.15, 0.2) is 0 Å². The van der Waals surface area contributed by atoms with Gasteiger partial charge in [-0.2, -0.15) is 5.10 Å². The van der Waals surface area contributed by atoms with Crippen LogP contribution in [0.25, 0.3) is 11.3 Å². The highest BCUT2D eigenvalue weighted by atomic mass is 32.2. The number of rotatable bonds is 4. The van der Waals surface area contributed by atoms with Crippen LogP contribution in [0.15, 0.2) is 12.4 Å². The van der Waals surface area contributed by atoms with E-state index in [0.717, 1.165) is 41.2 Å². The molecular formula is C15H21N5O2S. The summed E-state index contributed by atoms with van der Waals surface area (Å²) in [7, 11) is -3.09. The van der Waals surface area contributed by atoms with Gasteiger partial charge in [0.05, 0.1) is 29.5 Å². The van der Waals surface area contributed by atoms with Gasteiger partial charge in [0.25, 0.3) is 0 Å². The molecule has 0 spiro atoms. The fourth-order valence-electron chi connectivity index (χ4n) is 3.08. The molecule has 2 aromatic heterocycles. The third-order valence-corrected chi connectivity index (χ3v) is 5.57. The van der Waals surface area contributed by atoms with Crippen LogP contribution in [0.5, 0.6) is 0 Å². The summed E-state index contributed by atoms with van der Waals surface area (Å²) in [4.78, 5) is 8.99. The molecular weight excluding hydrogens is 314 g/mol. The summed E-state index contributed by atoms with van der Waals surface area (Å²) in [5, 5.41) is 7.12. The zero-order chi connectivity index (χ0) is 16.6. The summed E-state index contributed by atoms with van der Waals surface area (Å²) in [5.41, 5.74) is 4.58. The molecule has 8 heteroatoms. The number of nitrogens with zero attached hydrogens (tertiary/aromatic N) is 4. The van der Waals surface area contributed by atoms with E-state index in [1.165, 1.54) is 10.6 Å². The second-order valence-corrected chi connectivity index (χ2v) is 8.16. The standard InChI is InChI=1S/C15H21N5O2S/c1-10-15(11(2)19-18-10)14-8-16-13(7-17-14)6-12-4-5-20(9-12)23(3,21)22/h7-8,12H,4-6,9H2,1-3H3,(H,18,19)/t12-/m1/s1. The smallest absolute Gasteiger partial charge is 0.211 e. The van der Waals surface area contributed by atoms with E-state index in [1.54, 1.807) is 12.4 Å². The van der Waals surface area contributed by atoms with Gasteiger partial charge in [0.2, 0.25) is 10.0 Å².